The van der Waals surface area contributed by atoms with Crippen LogP contribution in [-0.2, 0) is 0 Å². The van der Waals surface area contributed by atoms with Crippen molar-refractivity contribution in [1.82, 2.24) is 9.88 Å². The molecule has 0 radical (unpaired) electrons. The molecule has 0 bridgehead atoms. The van der Waals surface area contributed by atoms with E-state index in [4.69, 9.17) is 0 Å². The normalized spacial score (nSPS) is 24.0. The molecule has 4 rings (SSSR count). The van der Waals surface area contributed by atoms with Gasteiger partial charge in [-0.05, 0) is 76.4 Å². The Kier molecular flexibility index (Phi) is 4.41. The van der Waals surface area contributed by atoms with E-state index in [9.17, 15) is 9.18 Å². The maximum absolute atomic E-state index is 13.4. The fourth-order valence-electron chi connectivity index (χ4n) is 4.90. The van der Waals surface area contributed by atoms with Crippen LogP contribution in [0.3, 0.4) is 0 Å². The first-order valence-corrected chi connectivity index (χ1v) is 9.66. The van der Waals surface area contributed by atoms with Gasteiger partial charge in [-0.15, -0.1) is 0 Å². The summed E-state index contributed by atoms with van der Waals surface area (Å²) >= 11 is 0. The number of piperidine rings is 1. The molecule has 5 heteroatoms. The van der Waals surface area contributed by atoms with E-state index in [0.29, 0.717) is 5.56 Å². The molecule has 142 valence electrons. The highest BCUT2D eigenvalue weighted by molar-refractivity contribution is 5.95. The average molecular weight is 367 g/mol. The molecular weight excluding hydrogens is 341 g/mol. The van der Waals surface area contributed by atoms with Gasteiger partial charge in [-0.1, -0.05) is 0 Å². The van der Waals surface area contributed by atoms with Crippen LogP contribution in [0, 0.1) is 12.7 Å². The largest absolute Gasteiger partial charge is 0.361 e. The molecule has 1 amide bonds. The molecule has 4 nitrogen and oxygen atoms in total. The lowest BCUT2D eigenvalue weighted by molar-refractivity contribution is 0.0604. The molecule has 0 unspecified atom stereocenters. The van der Waals surface area contributed by atoms with Crippen molar-refractivity contribution in [2.24, 2.45) is 0 Å². The third-order valence-electron chi connectivity index (χ3n) is 6.04. The lowest BCUT2D eigenvalue weighted by Gasteiger charge is -2.42. The number of likely N-dealkylation sites (tertiary alicyclic amines) is 1. The van der Waals surface area contributed by atoms with Crippen molar-refractivity contribution >= 4 is 11.6 Å². The standard InChI is InChI=1S/C22H26FN3O/c1-15-18(6-4-12-24-15)21(27)25-13-5-7-19-20(25)14-22(2,3)26(19)17-10-8-16(23)9-11-17/h4,6,8-12,19-20H,5,7,13-14H2,1-3H3/t19-,20-/m0/s1. The number of aromatic nitrogens is 1. The molecular formula is C22H26FN3O. The summed E-state index contributed by atoms with van der Waals surface area (Å²) < 4.78 is 13.4. The zero-order valence-corrected chi connectivity index (χ0v) is 16.2. The van der Waals surface area contributed by atoms with Crippen molar-refractivity contribution < 1.29 is 9.18 Å². The number of rotatable bonds is 2. The molecule has 2 aliphatic heterocycles. The molecule has 1 aromatic carbocycles. The van der Waals surface area contributed by atoms with Crippen molar-refractivity contribution in [3.05, 3.63) is 59.7 Å². The molecule has 0 saturated carbocycles. The molecule has 1 aromatic heterocycles. The number of halogens is 1. The first-order valence-electron chi connectivity index (χ1n) is 9.66. The second kappa shape index (κ2) is 6.63. The minimum absolute atomic E-state index is 0.0760. The van der Waals surface area contributed by atoms with E-state index < -0.39 is 0 Å². The molecule has 2 saturated heterocycles. The minimum Gasteiger partial charge on any atom is -0.361 e. The first-order chi connectivity index (χ1) is 12.9. The van der Waals surface area contributed by atoms with Gasteiger partial charge in [0.2, 0.25) is 0 Å². The highest BCUT2D eigenvalue weighted by Crippen LogP contribution is 2.44. The van der Waals surface area contributed by atoms with Crippen LogP contribution < -0.4 is 4.90 Å². The van der Waals surface area contributed by atoms with Gasteiger partial charge in [-0.25, -0.2) is 4.39 Å². The molecule has 3 heterocycles. The monoisotopic (exact) mass is 367 g/mol. The summed E-state index contributed by atoms with van der Waals surface area (Å²) in [5, 5.41) is 0. The Morgan fingerprint density at radius 2 is 1.93 bits per heavy atom. The van der Waals surface area contributed by atoms with Crippen LogP contribution in [0.25, 0.3) is 0 Å². The van der Waals surface area contributed by atoms with E-state index >= 15 is 0 Å². The Morgan fingerprint density at radius 3 is 2.63 bits per heavy atom. The summed E-state index contributed by atoms with van der Waals surface area (Å²) in [5.74, 6) is -0.146. The Morgan fingerprint density at radius 1 is 1.19 bits per heavy atom. The van der Waals surface area contributed by atoms with Crippen molar-refractivity contribution in [2.45, 2.75) is 57.7 Å². The SMILES string of the molecule is Cc1ncccc1C(=O)N1CCC[C@H]2[C@@H]1CC(C)(C)N2c1ccc(F)cc1. The summed E-state index contributed by atoms with van der Waals surface area (Å²) in [6, 6.07) is 10.8. The van der Waals surface area contributed by atoms with Crippen molar-refractivity contribution in [3.8, 4) is 0 Å². The molecule has 2 fully saturated rings. The summed E-state index contributed by atoms with van der Waals surface area (Å²) in [4.78, 5) is 22.0. The van der Waals surface area contributed by atoms with Crippen LogP contribution >= 0.6 is 0 Å². The number of anilines is 1. The molecule has 27 heavy (non-hydrogen) atoms. The van der Waals surface area contributed by atoms with Crippen LogP contribution in [-0.4, -0.2) is 40.0 Å². The maximum atomic E-state index is 13.4. The number of carbonyl (C=O) groups excluding carboxylic acids is 1. The molecule has 2 atom stereocenters. The smallest absolute Gasteiger partial charge is 0.256 e. The van der Waals surface area contributed by atoms with Crippen LogP contribution in [0.5, 0.6) is 0 Å². The summed E-state index contributed by atoms with van der Waals surface area (Å²) in [5.41, 5.74) is 2.40. The number of amides is 1. The number of carbonyl (C=O) groups is 1. The molecule has 0 spiro atoms. The summed E-state index contributed by atoms with van der Waals surface area (Å²) in [6.45, 7) is 7.10. The number of hydrogen-bond acceptors (Lipinski definition) is 3. The topological polar surface area (TPSA) is 36.4 Å². The van der Waals surface area contributed by atoms with Gasteiger partial charge in [0.05, 0.1) is 17.6 Å². The van der Waals surface area contributed by atoms with E-state index in [0.717, 1.165) is 37.2 Å². The third-order valence-corrected chi connectivity index (χ3v) is 6.04. The highest BCUT2D eigenvalue weighted by Gasteiger charge is 2.50. The zero-order valence-electron chi connectivity index (χ0n) is 16.2. The number of fused-ring (bicyclic) bond motifs is 1. The number of nitrogens with zero attached hydrogens (tertiary/aromatic N) is 3. The molecule has 2 aromatic rings. The van der Waals surface area contributed by atoms with Gasteiger partial charge in [-0.3, -0.25) is 9.78 Å². The van der Waals surface area contributed by atoms with E-state index in [1.54, 1.807) is 6.20 Å². The fraction of sp³-hybridized carbons (Fsp3) is 0.455. The fourth-order valence-corrected chi connectivity index (χ4v) is 4.90. The number of hydrogen-bond donors (Lipinski definition) is 0. The van der Waals surface area contributed by atoms with Crippen LogP contribution in [0.1, 0.15) is 49.2 Å². The van der Waals surface area contributed by atoms with Gasteiger partial charge in [0.1, 0.15) is 5.82 Å². The van der Waals surface area contributed by atoms with Crippen LogP contribution in [0.4, 0.5) is 10.1 Å². The lowest BCUT2D eigenvalue weighted by atomic mass is 9.93. The Labute approximate surface area is 160 Å². The van der Waals surface area contributed by atoms with Gasteiger partial charge in [0.25, 0.3) is 5.91 Å². The zero-order chi connectivity index (χ0) is 19.2. The molecule has 0 aliphatic carbocycles. The highest BCUT2D eigenvalue weighted by atomic mass is 19.1. The quantitative estimate of drug-likeness (QED) is 0.798. The van der Waals surface area contributed by atoms with Crippen molar-refractivity contribution in [2.75, 3.05) is 11.4 Å². The van der Waals surface area contributed by atoms with E-state index in [2.05, 4.69) is 23.7 Å². The first kappa shape index (κ1) is 18.0. The third kappa shape index (κ3) is 3.09. The van der Waals surface area contributed by atoms with Gasteiger partial charge in [0.15, 0.2) is 0 Å². The number of aryl methyl sites for hydroxylation is 1. The van der Waals surface area contributed by atoms with Crippen molar-refractivity contribution in [1.29, 1.82) is 0 Å². The molecule has 2 aliphatic rings. The lowest BCUT2D eigenvalue weighted by Crippen LogP contribution is -2.53. The van der Waals surface area contributed by atoms with E-state index in [1.165, 1.54) is 12.1 Å². The van der Waals surface area contributed by atoms with E-state index in [1.807, 2.05) is 36.1 Å². The Balaban J connectivity index is 1.67. The van der Waals surface area contributed by atoms with Crippen LogP contribution in [0.2, 0.25) is 0 Å². The maximum Gasteiger partial charge on any atom is 0.256 e. The summed E-state index contributed by atoms with van der Waals surface area (Å²) in [7, 11) is 0. The van der Waals surface area contributed by atoms with Gasteiger partial charge in [0, 0.05) is 29.7 Å². The predicted molar refractivity (Wildman–Crippen MR) is 104 cm³/mol. The average Bonchev–Trinajstić information content (AvgIpc) is 2.92. The molecule has 0 N–H and O–H groups in total. The number of pyridine rings is 1. The Hall–Kier alpha value is -2.43. The van der Waals surface area contributed by atoms with Gasteiger partial charge < -0.3 is 9.80 Å². The predicted octanol–water partition coefficient (Wildman–Crippen LogP) is 4.19. The van der Waals surface area contributed by atoms with Crippen LogP contribution in [0.15, 0.2) is 42.6 Å². The van der Waals surface area contributed by atoms with Gasteiger partial charge >= 0.3 is 0 Å². The minimum atomic E-state index is -0.222. The Bertz CT molecular complexity index is 849. The van der Waals surface area contributed by atoms with Crippen molar-refractivity contribution in [3.63, 3.8) is 0 Å². The second-order valence-corrected chi connectivity index (χ2v) is 8.27. The van der Waals surface area contributed by atoms with E-state index in [-0.39, 0.29) is 29.3 Å². The second-order valence-electron chi connectivity index (χ2n) is 8.27. The summed E-state index contributed by atoms with van der Waals surface area (Å²) in [6.07, 6.45) is 4.64. The van der Waals surface area contributed by atoms with Gasteiger partial charge in [-0.2, -0.15) is 0 Å². The number of benzene rings is 1.